The van der Waals surface area contributed by atoms with Gasteiger partial charge in [0.1, 0.15) is 17.7 Å². The Labute approximate surface area is 199 Å². The number of hydrogen-bond acceptors (Lipinski definition) is 6. The molecule has 2 aromatic carbocycles. The van der Waals surface area contributed by atoms with Crippen LogP contribution in [-0.2, 0) is 24.9 Å². The second-order valence-electron chi connectivity index (χ2n) is 7.52. The summed E-state index contributed by atoms with van der Waals surface area (Å²) in [4.78, 5) is 47.0. The molecule has 4 aromatic rings. The molecule has 0 saturated heterocycles. The number of nitrogens with one attached hydrogen (secondary N) is 1. The van der Waals surface area contributed by atoms with Crippen LogP contribution in [0, 0.1) is 0 Å². The van der Waals surface area contributed by atoms with Crippen LogP contribution in [-0.4, -0.2) is 31.6 Å². The van der Waals surface area contributed by atoms with E-state index in [1.807, 2.05) is 31.2 Å². The first-order valence-electron chi connectivity index (χ1n) is 10.6. The molecular formula is C24H22ClN5O4. The molecule has 0 atom stereocenters. The average molecular weight is 480 g/mol. The van der Waals surface area contributed by atoms with E-state index in [9.17, 15) is 14.4 Å². The summed E-state index contributed by atoms with van der Waals surface area (Å²) in [6, 6.07) is 14.2. The Morgan fingerprint density at radius 1 is 1.09 bits per heavy atom. The highest BCUT2D eigenvalue weighted by Crippen LogP contribution is 2.19. The summed E-state index contributed by atoms with van der Waals surface area (Å²) in [5.74, 6) is 0.626. The fourth-order valence-corrected chi connectivity index (χ4v) is 3.56. The molecule has 0 fully saturated rings. The standard InChI is InChI=1S/C24H22ClN5O4/c1-3-34-18-10-4-15(5-11-18)12-26-20(31)14-30-23(32)19-13-27-21(16-6-8-17(25)9-7-16)28-22(19)29(2)24(30)33/h4-11,13H,3,12,14H2,1-2H3,(H,26,31). The first kappa shape index (κ1) is 23.2. The van der Waals surface area contributed by atoms with Crippen molar-refractivity contribution in [1.29, 1.82) is 0 Å². The van der Waals surface area contributed by atoms with Crippen LogP contribution in [0.25, 0.3) is 22.4 Å². The van der Waals surface area contributed by atoms with E-state index in [1.165, 1.54) is 17.8 Å². The van der Waals surface area contributed by atoms with E-state index >= 15 is 0 Å². The molecule has 1 amide bonds. The third-order valence-electron chi connectivity index (χ3n) is 5.21. The summed E-state index contributed by atoms with van der Waals surface area (Å²) >= 11 is 5.93. The van der Waals surface area contributed by atoms with Crippen molar-refractivity contribution >= 4 is 28.5 Å². The smallest absolute Gasteiger partial charge is 0.332 e. The van der Waals surface area contributed by atoms with E-state index in [0.29, 0.717) is 23.0 Å². The molecule has 10 heteroatoms. The number of aryl methyl sites for hydroxylation is 1. The van der Waals surface area contributed by atoms with Crippen LogP contribution in [0.3, 0.4) is 0 Å². The quantitative estimate of drug-likeness (QED) is 0.436. The zero-order valence-electron chi connectivity index (χ0n) is 18.6. The first-order chi connectivity index (χ1) is 16.4. The minimum absolute atomic E-state index is 0.138. The summed E-state index contributed by atoms with van der Waals surface area (Å²) in [5.41, 5.74) is 0.461. The van der Waals surface area contributed by atoms with Crippen molar-refractivity contribution in [2.24, 2.45) is 7.05 Å². The SMILES string of the molecule is CCOc1ccc(CNC(=O)Cn2c(=O)c3cnc(-c4ccc(Cl)cc4)nc3n(C)c2=O)cc1. The Kier molecular flexibility index (Phi) is 6.74. The molecule has 1 N–H and O–H groups in total. The maximum atomic E-state index is 13.0. The Morgan fingerprint density at radius 3 is 2.47 bits per heavy atom. The zero-order valence-corrected chi connectivity index (χ0v) is 19.4. The van der Waals surface area contributed by atoms with Crippen molar-refractivity contribution in [3.63, 3.8) is 0 Å². The highest BCUT2D eigenvalue weighted by atomic mass is 35.5. The number of carbonyl (C=O) groups is 1. The monoisotopic (exact) mass is 479 g/mol. The predicted molar refractivity (Wildman–Crippen MR) is 129 cm³/mol. The summed E-state index contributed by atoms with van der Waals surface area (Å²) in [6.45, 7) is 2.30. The van der Waals surface area contributed by atoms with Gasteiger partial charge in [-0.25, -0.2) is 14.8 Å². The lowest BCUT2D eigenvalue weighted by atomic mass is 10.2. The summed E-state index contributed by atoms with van der Waals surface area (Å²) in [5, 5.41) is 3.43. The largest absolute Gasteiger partial charge is 0.494 e. The van der Waals surface area contributed by atoms with Crippen LogP contribution in [0.5, 0.6) is 5.75 Å². The van der Waals surface area contributed by atoms with Crippen molar-refractivity contribution in [1.82, 2.24) is 24.4 Å². The van der Waals surface area contributed by atoms with E-state index in [2.05, 4.69) is 15.3 Å². The minimum Gasteiger partial charge on any atom is -0.494 e. The molecule has 4 rings (SSSR count). The van der Waals surface area contributed by atoms with Gasteiger partial charge in [-0.3, -0.25) is 18.7 Å². The molecule has 34 heavy (non-hydrogen) atoms. The summed E-state index contributed by atoms with van der Waals surface area (Å²) in [7, 11) is 1.50. The molecule has 174 valence electrons. The topological polar surface area (TPSA) is 108 Å². The molecule has 0 aliphatic rings. The Hall–Kier alpha value is -3.98. The van der Waals surface area contributed by atoms with Gasteiger partial charge in [0, 0.05) is 30.4 Å². The van der Waals surface area contributed by atoms with Gasteiger partial charge in [-0.2, -0.15) is 0 Å². The molecule has 9 nitrogen and oxygen atoms in total. The van der Waals surface area contributed by atoms with Gasteiger partial charge in [0.15, 0.2) is 11.5 Å². The molecule has 0 spiro atoms. The lowest BCUT2D eigenvalue weighted by molar-refractivity contribution is -0.121. The van der Waals surface area contributed by atoms with Crippen LogP contribution in [0.15, 0.2) is 64.3 Å². The number of fused-ring (bicyclic) bond motifs is 1. The van der Waals surface area contributed by atoms with E-state index in [0.717, 1.165) is 15.9 Å². The van der Waals surface area contributed by atoms with Crippen molar-refractivity contribution in [2.75, 3.05) is 6.61 Å². The van der Waals surface area contributed by atoms with Crippen molar-refractivity contribution < 1.29 is 9.53 Å². The van der Waals surface area contributed by atoms with Gasteiger partial charge >= 0.3 is 5.69 Å². The van der Waals surface area contributed by atoms with Crippen molar-refractivity contribution in [2.45, 2.75) is 20.0 Å². The van der Waals surface area contributed by atoms with Gasteiger partial charge in [-0.05, 0) is 48.9 Å². The Balaban J connectivity index is 1.56. The molecule has 0 aliphatic carbocycles. The van der Waals surface area contributed by atoms with Crippen LogP contribution in [0.2, 0.25) is 5.02 Å². The van der Waals surface area contributed by atoms with Crippen LogP contribution < -0.4 is 21.3 Å². The first-order valence-corrected chi connectivity index (χ1v) is 11.0. The molecule has 2 heterocycles. The second-order valence-corrected chi connectivity index (χ2v) is 7.96. The Bertz CT molecular complexity index is 1460. The van der Waals surface area contributed by atoms with E-state index in [4.69, 9.17) is 16.3 Å². The van der Waals surface area contributed by atoms with Gasteiger partial charge < -0.3 is 10.1 Å². The number of nitrogens with zero attached hydrogens (tertiary/aromatic N) is 4. The highest BCUT2D eigenvalue weighted by molar-refractivity contribution is 6.30. The number of rotatable bonds is 7. The maximum Gasteiger partial charge on any atom is 0.332 e. The molecule has 0 radical (unpaired) electrons. The maximum absolute atomic E-state index is 13.0. The number of benzene rings is 2. The van der Waals surface area contributed by atoms with E-state index in [-0.39, 0.29) is 17.6 Å². The van der Waals surface area contributed by atoms with Crippen LogP contribution in [0.1, 0.15) is 12.5 Å². The number of hydrogen-bond donors (Lipinski definition) is 1. The molecule has 0 saturated carbocycles. The molecule has 0 aliphatic heterocycles. The average Bonchev–Trinajstić information content (AvgIpc) is 2.85. The normalized spacial score (nSPS) is 10.9. The van der Waals surface area contributed by atoms with Crippen molar-refractivity contribution in [3.8, 4) is 17.1 Å². The number of amides is 1. The highest BCUT2D eigenvalue weighted by Gasteiger charge is 2.16. The number of ether oxygens (including phenoxy) is 1. The van der Waals surface area contributed by atoms with Crippen LogP contribution in [0.4, 0.5) is 0 Å². The Morgan fingerprint density at radius 2 is 1.79 bits per heavy atom. The third kappa shape index (κ3) is 4.84. The van der Waals surface area contributed by atoms with Crippen LogP contribution >= 0.6 is 11.6 Å². The van der Waals surface area contributed by atoms with Gasteiger partial charge in [0.2, 0.25) is 5.91 Å². The number of aromatic nitrogens is 4. The van der Waals surface area contributed by atoms with E-state index < -0.39 is 23.7 Å². The molecule has 0 bridgehead atoms. The third-order valence-corrected chi connectivity index (χ3v) is 5.46. The second kappa shape index (κ2) is 9.88. The van der Waals surface area contributed by atoms with Crippen molar-refractivity contribution in [3.05, 3.63) is 86.2 Å². The molecule has 2 aromatic heterocycles. The molecular weight excluding hydrogens is 458 g/mol. The lowest BCUT2D eigenvalue weighted by Crippen LogP contribution is -2.43. The zero-order chi connectivity index (χ0) is 24.2. The van der Waals surface area contributed by atoms with Gasteiger partial charge in [-0.1, -0.05) is 23.7 Å². The van der Waals surface area contributed by atoms with Gasteiger partial charge in [0.25, 0.3) is 5.56 Å². The minimum atomic E-state index is -0.644. The number of halogens is 1. The van der Waals surface area contributed by atoms with Gasteiger partial charge in [-0.15, -0.1) is 0 Å². The fourth-order valence-electron chi connectivity index (χ4n) is 3.43. The predicted octanol–water partition coefficient (Wildman–Crippen LogP) is 2.53. The summed E-state index contributed by atoms with van der Waals surface area (Å²) in [6.07, 6.45) is 1.36. The molecule has 0 unspecified atom stereocenters. The fraction of sp³-hybridized carbons (Fsp3) is 0.208. The summed E-state index contributed by atoms with van der Waals surface area (Å²) < 4.78 is 7.51. The number of carbonyl (C=O) groups excluding carboxylic acids is 1. The van der Waals surface area contributed by atoms with Gasteiger partial charge in [0.05, 0.1) is 6.61 Å². The lowest BCUT2D eigenvalue weighted by Gasteiger charge is -2.11. The van der Waals surface area contributed by atoms with E-state index in [1.54, 1.807) is 24.3 Å².